The molecule has 5 heteroatoms. The van der Waals surface area contributed by atoms with Gasteiger partial charge in [-0.25, -0.2) is 4.79 Å². The van der Waals surface area contributed by atoms with Crippen molar-refractivity contribution in [3.8, 4) is 17.2 Å². The van der Waals surface area contributed by atoms with Gasteiger partial charge in [-0.05, 0) is 48.5 Å². The molecule has 0 amide bonds. The van der Waals surface area contributed by atoms with Crippen LogP contribution in [-0.4, -0.2) is 19.2 Å². The first-order chi connectivity index (χ1) is 12.7. The average Bonchev–Trinajstić information content (AvgIpc) is 2.68. The monoisotopic (exact) mass is 368 g/mol. The van der Waals surface area contributed by atoms with E-state index in [0.29, 0.717) is 27.8 Å². The molecule has 3 aromatic carbocycles. The predicted molar refractivity (Wildman–Crippen MR) is 100 cm³/mol. The Morgan fingerprint density at radius 1 is 0.769 bits per heavy atom. The maximum atomic E-state index is 12.3. The van der Waals surface area contributed by atoms with E-state index < -0.39 is 5.97 Å². The minimum atomic E-state index is -0.462. The highest BCUT2D eigenvalue weighted by molar-refractivity contribution is 6.30. The normalized spacial score (nSPS) is 10.2. The molecule has 0 heterocycles. The third kappa shape index (κ3) is 5.01. The first-order valence-electron chi connectivity index (χ1n) is 8.10. The van der Waals surface area contributed by atoms with E-state index in [9.17, 15) is 4.79 Å². The summed E-state index contributed by atoms with van der Waals surface area (Å²) in [5.74, 6) is 1.30. The summed E-state index contributed by atoms with van der Waals surface area (Å²) in [4.78, 5) is 12.3. The second-order valence-corrected chi connectivity index (χ2v) is 5.79. The standard InChI is InChI=1S/C21H17ClO4/c22-16-10-12-17(13-11-16)24-14-15-25-21(23)19-8-4-5-9-20(19)26-18-6-2-1-3-7-18/h1-13H,14-15H2. The Morgan fingerprint density at radius 3 is 2.23 bits per heavy atom. The second kappa shape index (κ2) is 8.92. The lowest BCUT2D eigenvalue weighted by atomic mass is 10.2. The Labute approximate surface area is 156 Å². The molecule has 26 heavy (non-hydrogen) atoms. The number of rotatable bonds is 7. The summed E-state index contributed by atoms with van der Waals surface area (Å²) in [6, 6.07) is 23.2. The summed E-state index contributed by atoms with van der Waals surface area (Å²) < 4.78 is 16.6. The molecule has 0 aromatic heterocycles. The number of halogens is 1. The first kappa shape index (κ1) is 17.8. The van der Waals surface area contributed by atoms with Crippen LogP contribution in [0.1, 0.15) is 10.4 Å². The zero-order chi connectivity index (χ0) is 18.2. The van der Waals surface area contributed by atoms with Crippen molar-refractivity contribution in [3.63, 3.8) is 0 Å². The van der Waals surface area contributed by atoms with E-state index in [-0.39, 0.29) is 13.2 Å². The molecule has 3 aromatic rings. The Morgan fingerprint density at radius 2 is 1.46 bits per heavy atom. The smallest absolute Gasteiger partial charge is 0.342 e. The summed E-state index contributed by atoms with van der Waals surface area (Å²) in [5, 5.41) is 0.638. The van der Waals surface area contributed by atoms with Gasteiger partial charge in [0.15, 0.2) is 0 Å². The highest BCUT2D eigenvalue weighted by atomic mass is 35.5. The highest BCUT2D eigenvalue weighted by Crippen LogP contribution is 2.25. The second-order valence-electron chi connectivity index (χ2n) is 5.35. The Kier molecular flexibility index (Phi) is 6.12. The molecule has 0 aliphatic heterocycles. The topological polar surface area (TPSA) is 44.8 Å². The maximum absolute atomic E-state index is 12.3. The maximum Gasteiger partial charge on any atom is 0.342 e. The number of ether oxygens (including phenoxy) is 3. The van der Waals surface area contributed by atoms with Gasteiger partial charge in [-0.15, -0.1) is 0 Å². The summed E-state index contributed by atoms with van der Waals surface area (Å²) in [6.45, 7) is 0.371. The van der Waals surface area contributed by atoms with Crippen LogP contribution in [0.4, 0.5) is 0 Å². The van der Waals surface area contributed by atoms with Crippen LogP contribution in [0.3, 0.4) is 0 Å². The summed E-state index contributed by atoms with van der Waals surface area (Å²) >= 11 is 5.82. The van der Waals surface area contributed by atoms with Crippen molar-refractivity contribution in [2.24, 2.45) is 0 Å². The Hall–Kier alpha value is -2.98. The third-order valence-electron chi connectivity index (χ3n) is 3.48. The van der Waals surface area contributed by atoms with E-state index in [4.69, 9.17) is 25.8 Å². The van der Waals surface area contributed by atoms with Crippen LogP contribution in [0.5, 0.6) is 17.2 Å². The molecule has 0 fully saturated rings. The van der Waals surface area contributed by atoms with Gasteiger partial charge < -0.3 is 14.2 Å². The highest BCUT2D eigenvalue weighted by Gasteiger charge is 2.14. The predicted octanol–water partition coefficient (Wildman–Crippen LogP) is 5.37. The Bertz CT molecular complexity index is 847. The number of carbonyl (C=O) groups excluding carboxylic acids is 1. The van der Waals surface area contributed by atoms with Gasteiger partial charge in [0.25, 0.3) is 0 Å². The number of esters is 1. The SMILES string of the molecule is O=C(OCCOc1ccc(Cl)cc1)c1ccccc1Oc1ccccc1. The van der Waals surface area contributed by atoms with Gasteiger partial charge in [0.2, 0.25) is 0 Å². The number of hydrogen-bond acceptors (Lipinski definition) is 4. The lowest BCUT2D eigenvalue weighted by Gasteiger charge is -2.11. The number of carbonyl (C=O) groups is 1. The molecule has 0 aliphatic carbocycles. The zero-order valence-electron chi connectivity index (χ0n) is 13.9. The molecule has 0 radical (unpaired) electrons. The molecule has 0 saturated carbocycles. The van der Waals surface area contributed by atoms with Gasteiger partial charge in [0.1, 0.15) is 36.0 Å². The van der Waals surface area contributed by atoms with Crippen LogP contribution >= 0.6 is 11.6 Å². The van der Waals surface area contributed by atoms with E-state index in [1.54, 1.807) is 48.5 Å². The van der Waals surface area contributed by atoms with Gasteiger partial charge in [-0.2, -0.15) is 0 Å². The summed E-state index contributed by atoms with van der Waals surface area (Å²) in [5.41, 5.74) is 0.364. The third-order valence-corrected chi connectivity index (χ3v) is 3.73. The van der Waals surface area contributed by atoms with Crippen LogP contribution in [0.15, 0.2) is 78.9 Å². The first-order valence-corrected chi connectivity index (χ1v) is 8.47. The minimum Gasteiger partial charge on any atom is -0.490 e. The fourth-order valence-corrected chi connectivity index (χ4v) is 2.37. The van der Waals surface area contributed by atoms with Crippen LogP contribution in [-0.2, 0) is 4.74 Å². The van der Waals surface area contributed by atoms with Gasteiger partial charge >= 0.3 is 5.97 Å². The van der Waals surface area contributed by atoms with Crippen LogP contribution < -0.4 is 9.47 Å². The number of benzene rings is 3. The van der Waals surface area contributed by atoms with Crippen molar-refractivity contribution in [2.75, 3.05) is 13.2 Å². The van der Waals surface area contributed by atoms with Crippen molar-refractivity contribution in [3.05, 3.63) is 89.4 Å². The molecule has 0 N–H and O–H groups in total. The molecule has 0 bridgehead atoms. The molecule has 0 aliphatic rings. The summed E-state index contributed by atoms with van der Waals surface area (Å²) in [6.07, 6.45) is 0. The van der Waals surface area contributed by atoms with Crippen LogP contribution in [0, 0.1) is 0 Å². The van der Waals surface area contributed by atoms with E-state index in [1.807, 2.05) is 30.3 Å². The molecule has 4 nitrogen and oxygen atoms in total. The zero-order valence-corrected chi connectivity index (χ0v) is 14.7. The fourth-order valence-electron chi connectivity index (χ4n) is 2.24. The van der Waals surface area contributed by atoms with Gasteiger partial charge in [-0.3, -0.25) is 0 Å². The van der Waals surface area contributed by atoms with E-state index in [0.717, 1.165) is 0 Å². The molecule has 0 saturated heterocycles. The van der Waals surface area contributed by atoms with Crippen LogP contribution in [0.25, 0.3) is 0 Å². The van der Waals surface area contributed by atoms with Gasteiger partial charge in [0, 0.05) is 5.02 Å². The molecule has 0 unspecified atom stereocenters. The van der Waals surface area contributed by atoms with Crippen molar-refractivity contribution in [2.45, 2.75) is 0 Å². The minimum absolute atomic E-state index is 0.126. The van der Waals surface area contributed by atoms with Gasteiger partial charge in [0.05, 0.1) is 0 Å². The lowest BCUT2D eigenvalue weighted by molar-refractivity contribution is 0.0447. The average molecular weight is 369 g/mol. The van der Waals surface area contributed by atoms with E-state index in [1.165, 1.54) is 0 Å². The van der Waals surface area contributed by atoms with Crippen molar-refractivity contribution in [1.82, 2.24) is 0 Å². The molecule has 3 rings (SSSR count). The molecular formula is C21H17ClO4. The lowest BCUT2D eigenvalue weighted by Crippen LogP contribution is -2.13. The fraction of sp³-hybridized carbons (Fsp3) is 0.0952. The van der Waals surface area contributed by atoms with Crippen molar-refractivity contribution < 1.29 is 19.0 Å². The summed E-state index contributed by atoms with van der Waals surface area (Å²) in [7, 11) is 0. The molecule has 0 spiro atoms. The molecule has 132 valence electrons. The quantitative estimate of drug-likeness (QED) is 0.415. The molecular weight excluding hydrogens is 352 g/mol. The van der Waals surface area contributed by atoms with Gasteiger partial charge in [-0.1, -0.05) is 41.9 Å². The van der Waals surface area contributed by atoms with Crippen molar-refractivity contribution >= 4 is 17.6 Å². The Balaban J connectivity index is 1.55. The number of hydrogen-bond donors (Lipinski definition) is 0. The van der Waals surface area contributed by atoms with E-state index in [2.05, 4.69) is 0 Å². The van der Waals surface area contributed by atoms with Crippen molar-refractivity contribution in [1.29, 1.82) is 0 Å². The number of para-hydroxylation sites is 2. The van der Waals surface area contributed by atoms with E-state index >= 15 is 0 Å². The van der Waals surface area contributed by atoms with Crippen LogP contribution in [0.2, 0.25) is 5.02 Å². The largest absolute Gasteiger partial charge is 0.490 e. The molecule has 0 atom stereocenters.